The fourth-order valence-electron chi connectivity index (χ4n) is 3.09. The fourth-order valence-corrected chi connectivity index (χ4v) is 3.40. The van der Waals surface area contributed by atoms with Gasteiger partial charge in [-0.3, -0.25) is 9.36 Å². The molecule has 2 aromatic carbocycles. The minimum atomic E-state index is -1.05. The smallest absolute Gasteiger partial charge is 0.335 e. The number of carbonyl (C=O) groups is 1. The first-order valence-corrected chi connectivity index (χ1v) is 8.63. The van der Waals surface area contributed by atoms with Crippen LogP contribution in [0.15, 0.2) is 41.2 Å². The number of carboxylic acid groups (broad SMARTS) is 1. The molecule has 0 radical (unpaired) electrons. The molecule has 7 heteroatoms. The summed E-state index contributed by atoms with van der Waals surface area (Å²) in [7, 11) is 0. The topological polar surface area (TPSA) is 72.2 Å². The molecule has 1 aliphatic heterocycles. The van der Waals surface area contributed by atoms with Crippen molar-refractivity contribution in [3.8, 4) is 0 Å². The third-order valence-corrected chi connectivity index (χ3v) is 5.12. The van der Waals surface area contributed by atoms with E-state index in [-0.39, 0.29) is 11.1 Å². The molecular weight excluding hydrogens is 375 g/mol. The highest BCUT2D eigenvalue weighted by Crippen LogP contribution is 2.30. The highest BCUT2D eigenvalue weighted by molar-refractivity contribution is 6.42. The summed E-state index contributed by atoms with van der Waals surface area (Å²) in [4.78, 5) is 28.4. The summed E-state index contributed by atoms with van der Waals surface area (Å²) in [6.45, 7) is 0.533. The predicted molar refractivity (Wildman–Crippen MR) is 102 cm³/mol. The van der Waals surface area contributed by atoms with Crippen LogP contribution in [0.5, 0.6) is 0 Å². The molecule has 0 atom stereocenters. The number of carboxylic acids is 1. The number of hydrogen-bond donors (Lipinski definition) is 1. The van der Waals surface area contributed by atoms with Crippen molar-refractivity contribution in [2.24, 2.45) is 0 Å². The Kier molecular flexibility index (Phi) is 4.05. The Morgan fingerprint density at radius 1 is 1.15 bits per heavy atom. The van der Waals surface area contributed by atoms with Crippen molar-refractivity contribution < 1.29 is 9.90 Å². The Balaban J connectivity index is 1.88. The maximum atomic E-state index is 12.7. The molecule has 0 bridgehead atoms. The Morgan fingerprint density at radius 2 is 1.96 bits per heavy atom. The van der Waals surface area contributed by atoms with Crippen molar-refractivity contribution in [2.75, 3.05) is 0 Å². The van der Waals surface area contributed by atoms with Crippen LogP contribution in [0.1, 0.15) is 28.2 Å². The van der Waals surface area contributed by atoms with Crippen molar-refractivity contribution in [3.05, 3.63) is 73.7 Å². The van der Waals surface area contributed by atoms with Crippen molar-refractivity contribution >= 4 is 51.7 Å². The number of hydrogen-bond acceptors (Lipinski definition) is 3. The lowest BCUT2D eigenvalue weighted by Crippen LogP contribution is -2.20. The Morgan fingerprint density at radius 3 is 2.69 bits per heavy atom. The molecule has 0 unspecified atom stereocenters. The molecule has 0 amide bonds. The summed E-state index contributed by atoms with van der Waals surface area (Å²) in [5.74, 6) is -0.503. The van der Waals surface area contributed by atoms with Gasteiger partial charge in [-0.1, -0.05) is 29.3 Å². The Labute approximate surface area is 158 Å². The highest BCUT2D eigenvalue weighted by atomic mass is 35.5. The van der Waals surface area contributed by atoms with Crippen molar-refractivity contribution in [3.63, 3.8) is 0 Å². The zero-order valence-electron chi connectivity index (χ0n) is 13.4. The summed E-state index contributed by atoms with van der Waals surface area (Å²) < 4.78 is 1.62. The number of fused-ring (bicyclic) bond motifs is 2. The molecule has 26 heavy (non-hydrogen) atoms. The number of nitrogens with zero attached hydrogens (tertiary/aromatic N) is 2. The predicted octanol–water partition coefficient (Wildman–Crippen LogP) is 4.35. The number of halogens is 2. The largest absolute Gasteiger partial charge is 0.478 e. The number of rotatable bonds is 2. The van der Waals surface area contributed by atoms with Crippen LogP contribution >= 0.6 is 23.2 Å². The molecule has 130 valence electrons. The van der Waals surface area contributed by atoms with Gasteiger partial charge >= 0.3 is 5.97 Å². The van der Waals surface area contributed by atoms with E-state index in [1.54, 1.807) is 16.7 Å². The van der Waals surface area contributed by atoms with Crippen LogP contribution in [0.4, 0.5) is 0 Å². The highest BCUT2D eigenvalue weighted by Gasteiger charge is 2.21. The zero-order chi connectivity index (χ0) is 18.4. The lowest BCUT2D eigenvalue weighted by atomic mass is 10.1. The first-order chi connectivity index (χ1) is 12.4. The van der Waals surface area contributed by atoms with Crippen LogP contribution in [0, 0.1) is 0 Å². The number of allylic oxidation sites excluding steroid dienone is 1. The average Bonchev–Trinajstić information content (AvgIpc) is 3.01. The molecule has 3 aromatic rings. The van der Waals surface area contributed by atoms with Crippen LogP contribution in [0.25, 0.3) is 22.6 Å². The van der Waals surface area contributed by atoms with Gasteiger partial charge in [-0.2, -0.15) is 0 Å². The number of aromatic carboxylic acids is 1. The SMILES string of the molecule is O=C(O)c1ccc2c(=O)n3c(nc2c1)/C(=C/c1ccc(Cl)c(Cl)c1)CC3. The third-order valence-electron chi connectivity index (χ3n) is 4.38. The lowest BCUT2D eigenvalue weighted by molar-refractivity contribution is 0.0697. The Hall–Kier alpha value is -2.63. The van der Waals surface area contributed by atoms with Gasteiger partial charge in [0.1, 0.15) is 5.82 Å². The summed E-state index contributed by atoms with van der Waals surface area (Å²) in [5, 5.41) is 10.5. The summed E-state index contributed by atoms with van der Waals surface area (Å²) in [6.07, 6.45) is 2.57. The minimum absolute atomic E-state index is 0.0994. The molecule has 0 saturated carbocycles. The number of benzene rings is 2. The zero-order valence-corrected chi connectivity index (χ0v) is 14.9. The van der Waals surface area contributed by atoms with E-state index in [9.17, 15) is 9.59 Å². The molecule has 4 rings (SSSR count). The van der Waals surface area contributed by atoms with Crippen molar-refractivity contribution in [1.29, 1.82) is 0 Å². The van der Waals surface area contributed by atoms with E-state index < -0.39 is 5.97 Å². The number of aromatic nitrogens is 2. The molecule has 5 nitrogen and oxygen atoms in total. The van der Waals surface area contributed by atoms with Gasteiger partial charge in [0.15, 0.2) is 0 Å². The molecule has 0 saturated heterocycles. The lowest BCUT2D eigenvalue weighted by Gasteiger charge is -2.06. The van der Waals surface area contributed by atoms with E-state index in [1.807, 2.05) is 12.1 Å². The molecule has 1 aliphatic rings. The molecule has 0 aliphatic carbocycles. The third kappa shape index (κ3) is 2.79. The molecule has 0 fully saturated rings. The molecule has 2 heterocycles. The Bertz CT molecular complexity index is 1170. The van der Waals surface area contributed by atoms with Crippen LogP contribution in [-0.4, -0.2) is 20.6 Å². The maximum absolute atomic E-state index is 12.7. The van der Waals surface area contributed by atoms with Gasteiger partial charge in [0.25, 0.3) is 5.56 Å². The second-order valence-electron chi connectivity index (χ2n) is 6.02. The van der Waals surface area contributed by atoms with E-state index in [4.69, 9.17) is 28.3 Å². The van der Waals surface area contributed by atoms with Crippen LogP contribution in [-0.2, 0) is 6.54 Å². The maximum Gasteiger partial charge on any atom is 0.335 e. The summed E-state index contributed by atoms with van der Waals surface area (Å²) in [5.41, 5.74) is 2.06. The van der Waals surface area contributed by atoms with E-state index in [1.165, 1.54) is 18.2 Å². The van der Waals surface area contributed by atoms with Gasteiger partial charge in [-0.05, 0) is 54.0 Å². The van der Waals surface area contributed by atoms with E-state index >= 15 is 0 Å². The molecular formula is C19H12Cl2N2O3. The standard InChI is InChI=1S/C19H12Cl2N2O3/c20-14-4-1-10(8-15(14)21)7-11-5-6-23-17(11)22-16-9-12(19(25)26)2-3-13(16)18(23)24/h1-4,7-9H,5-6H2,(H,25,26)/b11-7+. The molecule has 0 spiro atoms. The van der Waals surface area contributed by atoms with Gasteiger partial charge in [-0.15, -0.1) is 0 Å². The summed E-state index contributed by atoms with van der Waals surface area (Å²) >= 11 is 12.0. The second kappa shape index (κ2) is 6.27. The van der Waals surface area contributed by atoms with Crippen molar-refractivity contribution in [2.45, 2.75) is 13.0 Å². The van der Waals surface area contributed by atoms with E-state index in [0.717, 1.165) is 11.1 Å². The first kappa shape index (κ1) is 16.8. The van der Waals surface area contributed by atoms with E-state index in [2.05, 4.69) is 4.98 Å². The van der Waals surface area contributed by atoms with Gasteiger partial charge in [0.2, 0.25) is 0 Å². The van der Waals surface area contributed by atoms with Crippen LogP contribution in [0.2, 0.25) is 10.0 Å². The molecule has 1 aromatic heterocycles. The fraction of sp³-hybridized carbons (Fsp3) is 0.105. The second-order valence-corrected chi connectivity index (χ2v) is 6.84. The summed E-state index contributed by atoms with van der Waals surface area (Å²) in [6, 6.07) is 9.66. The van der Waals surface area contributed by atoms with Gasteiger partial charge in [0.05, 0.1) is 26.5 Å². The van der Waals surface area contributed by atoms with Crippen LogP contribution < -0.4 is 5.56 Å². The van der Waals surface area contributed by atoms with Gasteiger partial charge in [0, 0.05) is 6.54 Å². The first-order valence-electron chi connectivity index (χ1n) is 7.88. The monoisotopic (exact) mass is 386 g/mol. The quantitative estimate of drug-likeness (QED) is 0.710. The van der Waals surface area contributed by atoms with E-state index in [0.29, 0.717) is 39.7 Å². The molecule has 1 N–H and O–H groups in total. The van der Waals surface area contributed by atoms with Crippen molar-refractivity contribution in [1.82, 2.24) is 9.55 Å². The van der Waals surface area contributed by atoms with Gasteiger partial charge < -0.3 is 5.11 Å². The minimum Gasteiger partial charge on any atom is -0.478 e. The average molecular weight is 387 g/mol. The van der Waals surface area contributed by atoms with Gasteiger partial charge in [-0.25, -0.2) is 9.78 Å². The van der Waals surface area contributed by atoms with Crippen LogP contribution in [0.3, 0.4) is 0 Å². The normalized spacial score (nSPS) is 14.8.